The van der Waals surface area contributed by atoms with Crippen LogP contribution < -0.4 is 4.74 Å². The quantitative estimate of drug-likeness (QED) is 0.787. The molecule has 0 aliphatic carbocycles. The first-order valence-corrected chi connectivity index (χ1v) is 6.21. The van der Waals surface area contributed by atoms with Gasteiger partial charge in [0.05, 0.1) is 12.7 Å². The Hall–Kier alpha value is -2.00. The number of hydrogen-bond acceptors (Lipinski definition) is 6. The lowest BCUT2D eigenvalue weighted by molar-refractivity contribution is 0.413. The van der Waals surface area contributed by atoms with Gasteiger partial charge in [0.15, 0.2) is 0 Å². The van der Waals surface area contributed by atoms with Gasteiger partial charge in [0.1, 0.15) is 11.8 Å². The van der Waals surface area contributed by atoms with Gasteiger partial charge in [-0.25, -0.2) is 0 Å². The van der Waals surface area contributed by atoms with Crippen LogP contribution in [-0.4, -0.2) is 17.3 Å². The Morgan fingerprint density at radius 1 is 1.44 bits per heavy atom. The number of methoxy groups -OCH3 is 1. The third-order valence-corrected chi connectivity index (χ3v) is 3.14. The van der Waals surface area contributed by atoms with Crippen molar-refractivity contribution in [1.82, 2.24) is 10.2 Å². The summed E-state index contributed by atoms with van der Waals surface area (Å²) in [5, 5.41) is 17.2. The van der Waals surface area contributed by atoms with Crippen molar-refractivity contribution in [3.05, 3.63) is 35.2 Å². The van der Waals surface area contributed by atoms with Gasteiger partial charge in [0.25, 0.3) is 5.22 Å². The zero-order valence-electron chi connectivity index (χ0n) is 10.0. The number of thioether (sulfide) groups is 1. The van der Waals surface area contributed by atoms with E-state index >= 15 is 0 Å². The summed E-state index contributed by atoms with van der Waals surface area (Å²) in [5.74, 6) is 1.80. The Morgan fingerprint density at radius 3 is 2.89 bits per heavy atom. The third kappa shape index (κ3) is 2.81. The number of nitriles is 1. The second-order valence-corrected chi connectivity index (χ2v) is 4.45. The lowest BCUT2D eigenvalue weighted by Gasteiger charge is -2.04. The van der Waals surface area contributed by atoms with Crippen LogP contribution in [0.15, 0.2) is 27.8 Å². The first kappa shape index (κ1) is 12.5. The van der Waals surface area contributed by atoms with Crippen LogP contribution in [0.3, 0.4) is 0 Å². The van der Waals surface area contributed by atoms with E-state index in [1.54, 1.807) is 26.2 Å². The van der Waals surface area contributed by atoms with Gasteiger partial charge in [0.2, 0.25) is 5.89 Å². The van der Waals surface area contributed by atoms with Gasteiger partial charge in [-0.1, -0.05) is 17.8 Å². The molecule has 0 spiro atoms. The van der Waals surface area contributed by atoms with E-state index in [1.807, 2.05) is 6.07 Å². The summed E-state index contributed by atoms with van der Waals surface area (Å²) in [6, 6.07) is 7.60. The van der Waals surface area contributed by atoms with Crippen LogP contribution in [0.25, 0.3) is 0 Å². The maximum absolute atomic E-state index is 8.98. The molecule has 6 heteroatoms. The molecule has 0 fully saturated rings. The number of aryl methyl sites for hydroxylation is 1. The predicted octanol–water partition coefficient (Wildman–Crippen LogP) is 2.55. The minimum Gasteiger partial charge on any atom is -0.495 e. The third-order valence-electron chi connectivity index (χ3n) is 2.25. The lowest BCUT2D eigenvalue weighted by atomic mass is 10.1. The smallest absolute Gasteiger partial charge is 0.276 e. The number of nitrogens with zero attached hydrogens (tertiary/aromatic N) is 3. The molecule has 92 valence electrons. The largest absolute Gasteiger partial charge is 0.495 e. The van der Waals surface area contributed by atoms with Gasteiger partial charge in [0, 0.05) is 12.7 Å². The second kappa shape index (κ2) is 5.56. The summed E-state index contributed by atoms with van der Waals surface area (Å²) in [5.41, 5.74) is 1.53. The highest BCUT2D eigenvalue weighted by atomic mass is 32.2. The molecule has 0 saturated heterocycles. The molecule has 0 amide bonds. The first-order valence-electron chi connectivity index (χ1n) is 5.23. The molecule has 2 aromatic rings. The van der Waals surface area contributed by atoms with E-state index in [2.05, 4.69) is 16.3 Å². The van der Waals surface area contributed by atoms with Crippen molar-refractivity contribution in [1.29, 1.82) is 5.26 Å². The zero-order chi connectivity index (χ0) is 13.0. The molecule has 2 rings (SSSR count). The van der Waals surface area contributed by atoms with E-state index in [0.29, 0.717) is 28.2 Å². The molecule has 1 heterocycles. The molecule has 0 saturated carbocycles. The molecule has 1 aromatic carbocycles. The standard InChI is InChI=1S/C12H11N3O2S/c1-8-14-15-12(17-8)18-7-9-3-4-11(16-2)10(5-9)6-13/h3-5H,7H2,1-2H3. The predicted molar refractivity (Wildman–Crippen MR) is 66.3 cm³/mol. The monoisotopic (exact) mass is 261 g/mol. The number of hydrogen-bond donors (Lipinski definition) is 0. The molecule has 18 heavy (non-hydrogen) atoms. The van der Waals surface area contributed by atoms with Crippen molar-refractivity contribution >= 4 is 11.8 Å². The van der Waals surface area contributed by atoms with Crippen LogP contribution in [0.2, 0.25) is 0 Å². The first-order chi connectivity index (χ1) is 8.72. The van der Waals surface area contributed by atoms with Crippen molar-refractivity contribution in [3.63, 3.8) is 0 Å². The molecule has 1 aromatic heterocycles. The van der Waals surface area contributed by atoms with Crippen molar-refractivity contribution < 1.29 is 9.15 Å². The van der Waals surface area contributed by atoms with Crippen LogP contribution in [-0.2, 0) is 5.75 Å². The van der Waals surface area contributed by atoms with Crippen LogP contribution in [0.1, 0.15) is 17.0 Å². The summed E-state index contributed by atoms with van der Waals surface area (Å²) in [6.45, 7) is 1.75. The zero-order valence-corrected chi connectivity index (χ0v) is 10.8. The minimum atomic E-state index is 0.525. The Kier molecular flexibility index (Phi) is 3.85. The van der Waals surface area contributed by atoms with Crippen LogP contribution >= 0.6 is 11.8 Å². The highest BCUT2D eigenvalue weighted by Gasteiger charge is 2.06. The van der Waals surface area contributed by atoms with Gasteiger partial charge >= 0.3 is 0 Å². The summed E-state index contributed by atoms with van der Waals surface area (Å²) in [6.07, 6.45) is 0. The minimum absolute atomic E-state index is 0.525. The average molecular weight is 261 g/mol. The van der Waals surface area contributed by atoms with Crippen LogP contribution in [0.4, 0.5) is 0 Å². The van der Waals surface area contributed by atoms with E-state index in [4.69, 9.17) is 14.4 Å². The van der Waals surface area contributed by atoms with Crippen molar-refractivity contribution in [2.45, 2.75) is 17.9 Å². The Bertz CT molecular complexity index is 589. The molecule has 0 unspecified atom stereocenters. The van der Waals surface area contributed by atoms with Crippen LogP contribution in [0, 0.1) is 18.3 Å². The SMILES string of the molecule is COc1ccc(CSc2nnc(C)o2)cc1C#N. The second-order valence-electron chi connectivity index (χ2n) is 3.52. The number of rotatable bonds is 4. The average Bonchev–Trinajstić information content (AvgIpc) is 2.81. The van der Waals surface area contributed by atoms with E-state index in [-0.39, 0.29) is 0 Å². The lowest BCUT2D eigenvalue weighted by Crippen LogP contribution is -1.90. The van der Waals surface area contributed by atoms with E-state index in [0.717, 1.165) is 5.56 Å². The highest BCUT2D eigenvalue weighted by molar-refractivity contribution is 7.98. The maximum Gasteiger partial charge on any atom is 0.276 e. The number of ether oxygens (including phenoxy) is 1. The Labute approximate surface area is 109 Å². The molecule has 5 nitrogen and oxygen atoms in total. The highest BCUT2D eigenvalue weighted by Crippen LogP contribution is 2.25. The fourth-order valence-electron chi connectivity index (χ4n) is 1.41. The fraction of sp³-hybridized carbons (Fsp3) is 0.250. The van der Waals surface area contributed by atoms with E-state index in [1.165, 1.54) is 11.8 Å². The summed E-state index contributed by atoms with van der Waals surface area (Å²) in [7, 11) is 1.55. The molecule has 0 aliphatic rings. The van der Waals surface area contributed by atoms with Gasteiger partial charge in [-0.15, -0.1) is 10.2 Å². The molecular formula is C12H11N3O2S. The molecule has 0 aliphatic heterocycles. The molecule has 0 bridgehead atoms. The van der Waals surface area contributed by atoms with Crippen LogP contribution in [0.5, 0.6) is 5.75 Å². The molecular weight excluding hydrogens is 250 g/mol. The Balaban J connectivity index is 2.08. The summed E-state index contributed by atoms with van der Waals surface area (Å²) >= 11 is 1.44. The van der Waals surface area contributed by atoms with Gasteiger partial charge in [-0.05, 0) is 17.7 Å². The molecule has 0 N–H and O–H groups in total. The van der Waals surface area contributed by atoms with E-state index < -0.39 is 0 Å². The number of benzene rings is 1. The number of aromatic nitrogens is 2. The van der Waals surface area contributed by atoms with Gasteiger partial charge in [-0.2, -0.15) is 5.26 Å². The Morgan fingerprint density at radius 2 is 2.28 bits per heavy atom. The summed E-state index contributed by atoms with van der Waals surface area (Å²) in [4.78, 5) is 0. The maximum atomic E-state index is 8.98. The van der Waals surface area contributed by atoms with Crippen molar-refractivity contribution in [2.75, 3.05) is 7.11 Å². The summed E-state index contributed by atoms with van der Waals surface area (Å²) < 4.78 is 10.3. The molecule has 0 radical (unpaired) electrons. The fourth-order valence-corrected chi connectivity index (χ4v) is 2.16. The topological polar surface area (TPSA) is 71.9 Å². The van der Waals surface area contributed by atoms with E-state index in [9.17, 15) is 0 Å². The van der Waals surface area contributed by atoms with Crippen molar-refractivity contribution in [2.24, 2.45) is 0 Å². The van der Waals surface area contributed by atoms with Crippen molar-refractivity contribution in [3.8, 4) is 11.8 Å². The normalized spacial score (nSPS) is 10.1. The molecule has 0 atom stereocenters. The van der Waals surface area contributed by atoms with Gasteiger partial charge < -0.3 is 9.15 Å². The van der Waals surface area contributed by atoms with Gasteiger partial charge in [-0.3, -0.25) is 0 Å².